The lowest BCUT2D eigenvalue weighted by Crippen LogP contribution is -1.73. The number of H-pyrrole nitrogens is 1. The van der Waals surface area contributed by atoms with Crippen LogP contribution in [0.3, 0.4) is 0 Å². The van der Waals surface area contributed by atoms with E-state index in [1.807, 2.05) is 30.4 Å². The average Bonchev–Trinajstić information content (AvgIpc) is 2.63. The number of fused-ring (bicyclic) bond motifs is 1. The number of aromatic amines is 1. The number of hydrogen-bond acceptors (Lipinski definition) is 1. The Labute approximate surface area is 88.7 Å². The van der Waals surface area contributed by atoms with Crippen LogP contribution in [0.5, 0.6) is 0 Å². The number of nitrogens with one attached hydrogen (secondary N) is 1. The summed E-state index contributed by atoms with van der Waals surface area (Å²) in [5.41, 5.74) is 2.98. The quantitative estimate of drug-likeness (QED) is 0.749. The summed E-state index contributed by atoms with van der Waals surface area (Å²) in [7, 11) is 0. The van der Waals surface area contributed by atoms with Crippen molar-refractivity contribution < 1.29 is 0 Å². The van der Waals surface area contributed by atoms with Crippen LogP contribution in [0, 0.1) is 0 Å². The van der Waals surface area contributed by atoms with Gasteiger partial charge in [-0.25, -0.2) is 4.98 Å². The summed E-state index contributed by atoms with van der Waals surface area (Å²) >= 11 is 0. The Morgan fingerprint density at radius 1 is 1.33 bits per heavy atom. The summed E-state index contributed by atoms with van der Waals surface area (Å²) < 4.78 is 0. The largest absolute Gasteiger partial charge is 0.339 e. The number of hydrogen-bond donors (Lipinski definition) is 1. The van der Waals surface area contributed by atoms with Crippen molar-refractivity contribution in [2.75, 3.05) is 0 Å². The van der Waals surface area contributed by atoms with Gasteiger partial charge < -0.3 is 4.98 Å². The van der Waals surface area contributed by atoms with Gasteiger partial charge >= 0.3 is 0 Å². The first kappa shape index (κ1) is 9.46. The van der Waals surface area contributed by atoms with Crippen LogP contribution in [0.2, 0.25) is 0 Å². The van der Waals surface area contributed by atoms with Gasteiger partial charge in [0.15, 0.2) is 0 Å². The second-order valence-corrected chi connectivity index (χ2v) is 3.15. The zero-order valence-corrected chi connectivity index (χ0v) is 8.40. The van der Waals surface area contributed by atoms with Crippen molar-refractivity contribution in [3.63, 3.8) is 0 Å². The molecule has 0 unspecified atom stereocenters. The predicted octanol–water partition coefficient (Wildman–Crippen LogP) is 3.41. The van der Waals surface area contributed by atoms with Crippen LogP contribution in [0.25, 0.3) is 23.2 Å². The third-order valence-electron chi connectivity index (χ3n) is 2.24. The van der Waals surface area contributed by atoms with Crippen molar-refractivity contribution in [3.05, 3.63) is 54.9 Å². The highest BCUT2D eigenvalue weighted by Crippen LogP contribution is 2.22. The summed E-state index contributed by atoms with van der Waals surface area (Å²) in [6.45, 7) is 7.46. The van der Waals surface area contributed by atoms with Crippen LogP contribution >= 0.6 is 0 Å². The monoisotopic (exact) mass is 196 g/mol. The van der Waals surface area contributed by atoms with Gasteiger partial charge in [0.2, 0.25) is 0 Å². The minimum atomic E-state index is 0.885. The van der Waals surface area contributed by atoms with E-state index in [2.05, 4.69) is 23.1 Å². The first-order valence-electron chi connectivity index (χ1n) is 4.75. The van der Waals surface area contributed by atoms with Crippen molar-refractivity contribution in [2.45, 2.75) is 0 Å². The maximum absolute atomic E-state index is 4.26. The molecule has 0 aliphatic rings. The Balaban J connectivity index is 2.68. The van der Waals surface area contributed by atoms with Crippen LogP contribution in [0.15, 0.2) is 43.6 Å². The Kier molecular flexibility index (Phi) is 2.50. The highest BCUT2D eigenvalue weighted by atomic mass is 14.9. The minimum absolute atomic E-state index is 0.885. The van der Waals surface area contributed by atoms with Crippen molar-refractivity contribution in [2.24, 2.45) is 0 Å². The van der Waals surface area contributed by atoms with Crippen LogP contribution in [0.1, 0.15) is 11.3 Å². The van der Waals surface area contributed by atoms with E-state index in [9.17, 15) is 0 Å². The van der Waals surface area contributed by atoms with Crippen LogP contribution in [0.4, 0.5) is 0 Å². The van der Waals surface area contributed by atoms with E-state index in [-0.39, 0.29) is 0 Å². The second-order valence-electron chi connectivity index (χ2n) is 3.15. The van der Waals surface area contributed by atoms with Crippen molar-refractivity contribution >= 4 is 23.2 Å². The van der Waals surface area contributed by atoms with Crippen LogP contribution in [-0.2, 0) is 0 Å². The lowest BCUT2D eigenvalue weighted by Gasteiger charge is -1.90. The van der Waals surface area contributed by atoms with Crippen molar-refractivity contribution in [1.29, 1.82) is 0 Å². The molecule has 0 atom stereocenters. The Hall–Kier alpha value is -2.09. The molecule has 2 rings (SSSR count). The highest BCUT2D eigenvalue weighted by molar-refractivity contribution is 5.90. The summed E-state index contributed by atoms with van der Waals surface area (Å²) in [6.07, 6.45) is 9.20. The summed E-state index contributed by atoms with van der Waals surface area (Å²) in [5, 5.41) is 1.09. The van der Waals surface area contributed by atoms with Gasteiger partial charge in [-0.2, -0.15) is 0 Å². The summed E-state index contributed by atoms with van der Waals surface area (Å²) in [5.74, 6) is 0. The van der Waals surface area contributed by atoms with Gasteiger partial charge in [-0.3, -0.25) is 0 Å². The molecular weight excluding hydrogens is 184 g/mol. The molecule has 2 heteroatoms. The van der Waals surface area contributed by atoms with Gasteiger partial charge in [-0.15, -0.1) is 0 Å². The molecular formula is C13H12N2. The number of aromatic nitrogens is 2. The molecule has 0 saturated heterocycles. The standard InChI is InChI=1S/C13H12N2/c1-3-5-8-12-10(4-2)11-7-6-9-14-13(11)15-12/h3-9H,1-2H2,(H,14,15)/b8-5-. The van der Waals surface area contributed by atoms with Gasteiger partial charge in [-0.1, -0.05) is 31.4 Å². The zero-order valence-electron chi connectivity index (χ0n) is 8.40. The molecule has 1 N–H and O–H groups in total. The van der Waals surface area contributed by atoms with Crippen LogP contribution < -0.4 is 0 Å². The van der Waals surface area contributed by atoms with Gasteiger partial charge in [0.05, 0.1) is 0 Å². The van der Waals surface area contributed by atoms with Gasteiger partial charge in [0.1, 0.15) is 5.65 Å². The number of pyridine rings is 1. The van der Waals surface area contributed by atoms with Crippen molar-refractivity contribution in [3.8, 4) is 0 Å². The van der Waals surface area contributed by atoms with E-state index in [4.69, 9.17) is 0 Å². The number of nitrogens with zero attached hydrogens (tertiary/aromatic N) is 1. The van der Waals surface area contributed by atoms with Crippen LogP contribution in [-0.4, -0.2) is 9.97 Å². The maximum Gasteiger partial charge on any atom is 0.138 e. The van der Waals surface area contributed by atoms with E-state index in [1.54, 1.807) is 12.3 Å². The summed E-state index contributed by atoms with van der Waals surface area (Å²) in [4.78, 5) is 7.49. The predicted molar refractivity (Wildman–Crippen MR) is 65.4 cm³/mol. The third-order valence-corrected chi connectivity index (χ3v) is 2.24. The smallest absolute Gasteiger partial charge is 0.138 e. The van der Waals surface area contributed by atoms with Gasteiger partial charge in [-0.05, 0) is 18.2 Å². The molecule has 0 fully saturated rings. The molecule has 0 aromatic carbocycles. The van der Waals surface area contributed by atoms with E-state index in [0.717, 1.165) is 22.3 Å². The van der Waals surface area contributed by atoms with E-state index in [0.29, 0.717) is 0 Å². The molecule has 0 aliphatic heterocycles. The molecule has 0 saturated carbocycles. The molecule has 0 aliphatic carbocycles. The molecule has 2 nitrogen and oxygen atoms in total. The minimum Gasteiger partial charge on any atom is -0.339 e. The molecule has 2 heterocycles. The Bertz CT molecular complexity index is 532. The fourth-order valence-corrected chi connectivity index (χ4v) is 1.58. The molecule has 0 radical (unpaired) electrons. The summed E-state index contributed by atoms with van der Waals surface area (Å²) in [6, 6.07) is 3.95. The molecule has 2 aromatic heterocycles. The fourth-order valence-electron chi connectivity index (χ4n) is 1.58. The second kappa shape index (κ2) is 3.96. The maximum atomic E-state index is 4.26. The normalized spacial score (nSPS) is 10.9. The van der Waals surface area contributed by atoms with E-state index in [1.165, 1.54) is 0 Å². The van der Waals surface area contributed by atoms with Gasteiger partial charge in [0, 0.05) is 22.8 Å². The SMILES string of the molecule is C=C/C=C\c1[nH]c2ncccc2c1C=C. The average molecular weight is 196 g/mol. The molecule has 15 heavy (non-hydrogen) atoms. The molecule has 2 aromatic rings. The topological polar surface area (TPSA) is 28.7 Å². The lowest BCUT2D eigenvalue weighted by molar-refractivity contribution is 1.31. The lowest BCUT2D eigenvalue weighted by atomic mass is 10.1. The van der Waals surface area contributed by atoms with E-state index >= 15 is 0 Å². The van der Waals surface area contributed by atoms with Gasteiger partial charge in [0.25, 0.3) is 0 Å². The Morgan fingerprint density at radius 2 is 2.20 bits per heavy atom. The third kappa shape index (κ3) is 1.62. The number of allylic oxidation sites excluding steroid dienone is 2. The fraction of sp³-hybridized carbons (Fsp3) is 0. The Morgan fingerprint density at radius 3 is 2.93 bits per heavy atom. The molecule has 0 spiro atoms. The highest BCUT2D eigenvalue weighted by Gasteiger charge is 2.05. The zero-order chi connectivity index (χ0) is 10.7. The number of rotatable bonds is 3. The van der Waals surface area contributed by atoms with E-state index < -0.39 is 0 Å². The molecule has 0 amide bonds. The first-order valence-corrected chi connectivity index (χ1v) is 4.75. The first-order chi connectivity index (χ1) is 7.36. The molecule has 74 valence electrons. The molecule has 0 bridgehead atoms. The van der Waals surface area contributed by atoms with Crippen molar-refractivity contribution in [1.82, 2.24) is 9.97 Å².